The zero-order chi connectivity index (χ0) is 11.1. The fourth-order valence-electron chi connectivity index (χ4n) is 0.910. The molecule has 0 aliphatic heterocycles. The number of H-pyrrole nitrogens is 1. The van der Waals surface area contributed by atoms with Crippen LogP contribution in [0.25, 0.3) is 6.08 Å². The Labute approximate surface area is 87.0 Å². The maximum atomic E-state index is 11.4. The predicted octanol–water partition coefficient (Wildman–Crippen LogP) is 0.238. The van der Waals surface area contributed by atoms with Gasteiger partial charge in [0.15, 0.2) is 0 Å². The summed E-state index contributed by atoms with van der Waals surface area (Å²) < 4.78 is 0. The van der Waals surface area contributed by atoms with Gasteiger partial charge in [0.05, 0.1) is 6.20 Å². The van der Waals surface area contributed by atoms with Gasteiger partial charge in [-0.05, 0) is 12.5 Å². The largest absolute Gasteiger partial charge is 0.351 e. The lowest BCUT2D eigenvalue weighted by Crippen LogP contribution is -2.25. The number of carbonyl (C=O) groups is 1. The molecule has 1 rings (SSSR count). The van der Waals surface area contributed by atoms with Gasteiger partial charge in [-0.2, -0.15) is 20.7 Å². The van der Waals surface area contributed by atoms with Crippen molar-refractivity contribution in [2.75, 3.05) is 6.54 Å². The van der Waals surface area contributed by atoms with Gasteiger partial charge in [0, 0.05) is 6.54 Å². The summed E-state index contributed by atoms with van der Waals surface area (Å²) in [5.41, 5.74) is 0.482. The fraction of sp³-hybridized carbons (Fsp3) is 0.333. The SMILES string of the molecule is CCCNC(=O)/C(C#N)=C\c1cn[nH]n1. The molecule has 0 aromatic carbocycles. The first-order chi connectivity index (χ1) is 7.27. The summed E-state index contributed by atoms with van der Waals surface area (Å²) in [5.74, 6) is -0.387. The van der Waals surface area contributed by atoms with Gasteiger partial charge in [-0.15, -0.1) is 0 Å². The van der Waals surface area contributed by atoms with E-state index in [0.29, 0.717) is 12.2 Å². The topological polar surface area (TPSA) is 94.5 Å². The van der Waals surface area contributed by atoms with Crippen LogP contribution < -0.4 is 5.32 Å². The van der Waals surface area contributed by atoms with Crippen LogP contribution in [0.5, 0.6) is 0 Å². The van der Waals surface area contributed by atoms with E-state index in [0.717, 1.165) is 6.42 Å². The third kappa shape index (κ3) is 3.23. The molecular weight excluding hydrogens is 194 g/mol. The standard InChI is InChI=1S/C9H11N5O/c1-2-3-11-9(15)7(5-10)4-8-6-12-14-13-8/h4,6H,2-3H2,1H3,(H,11,15)(H,12,13,14)/b7-4-. The number of amides is 1. The average molecular weight is 205 g/mol. The lowest BCUT2D eigenvalue weighted by atomic mass is 10.2. The molecule has 0 unspecified atom stereocenters. The van der Waals surface area contributed by atoms with Gasteiger partial charge in [0.1, 0.15) is 17.3 Å². The van der Waals surface area contributed by atoms with Crippen LogP contribution in [0.15, 0.2) is 11.8 Å². The molecule has 1 amide bonds. The highest BCUT2D eigenvalue weighted by atomic mass is 16.1. The molecule has 1 heterocycles. The Morgan fingerprint density at radius 1 is 1.80 bits per heavy atom. The number of nitrogens with zero attached hydrogens (tertiary/aromatic N) is 3. The predicted molar refractivity (Wildman–Crippen MR) is 53.3 cm³/mol. The second kappa shape index (κ2) is 5.54. The molecule has 0 bridgehead atoms. The second-order valence-corrected chi connectivity index (χ2v) is 2.82. The number of aromatic amines is 1. The van der Waals surface area contributed by atoms with Crippen molar-refractivity contribution in [3.63, 3.8) is 0 Å². The fourth-order valence-corrected chi connectivity index (χ4v) is 0.910. The smallest absolute Gasteiger partial charge is 0.262 e. The van der Waals surface area contributed by atoms with E-state index in [-0.39, 0.29) is 11.5 Å². The zero-order valence-corrected chi connectivity index (χ0v) is 8.32. The number of aromatic nitrogens is 3. The van der Waals surface area contributed by atoms with Gasteiger partial charge in [0.2, 0.25) is 0 Å². The van der Waals surface area contributed by atoms with Gasteiger partial charge < -0.3 is 5.32 Å². The Bertz CT molecular complexity index is 387. The van der Waals surface area contributed by atoms with E-state index >= 15 is 0 Å². The van der Waals surface area contributed by atoms with Crippen molar-refractivity contribution in [3.05, 3.63) is 17.5 Å². The number of hydrogen-bond acceptors (Lipinski definition) is 4. The van der Waals surface area contributed by atoms with E-state index in [4.69, 9.17) is 5.26 Å². The van der Waals surface area contributed by atoms with Crippen molar-refractivity contribution in [2.24, 2.45) is 0 Å². The van der Waals surface area contributed by atoms with Gasteiger partial charge in [-0.25, -0.2) is 0 Å². The number of nitriles is 1. The van der Waals surface area contributed by atoms with E-state index in [1.807, 2.05) is 13.0 Å². The van der Waals surface area contributed by atoms with Crippen molar-refractivity contribution in [1.82, 2.24) is 20.7 Å². The van der Waals surface area contributed by atoms with E-state index in [2.05, 4.69) is 20.7 Å². The highest BCUT2D eigenvalue weighted by Gasteiger charge is 2.08. The number of rotatable bonds is 4. The monoisotopic (exact) mass is 205 g/mol. The van der Waals surface area contributed by atoms with Crippen LogP contribution in [-0.4, -0.2) is 27.9 Å². The first-order valence-electron chi connectivity index (χ1n) is 4.53. The molecular formula is C9H11N5O. The van der Waals surface area contributed by atoms with Gasteiger partial charge in [-0.1, -0.05) is 6.92 Å². The van der Waals surface area contributed by atoms with Crippen molar-refractivity contribution in [1.29, 1.82) is 5.26 Å². The molecule has 6 heteroatoms. The summed E-state index contributed by atoms with van der Waals surface area (Å²) in [6.07, 6.45) is 3.65. The molecule has 0 saturated heterocycles. The van der Waals surface area contributed by atoms with Gasteiger partial charge in [-0.3, -0.25) is 4.79 Å². The maximum Gasteiger partial charge on any atom is 0.262 e. The average Bonchev–Trinajstić information content (AvgIpc) is 2.75. The highest BCUT2D eigenvalue weighted by molar-refractivity contribution is 6.01. The first-order valence-corrected chi connectivity index (χ1v) is 4.53. The normalized spacial score (nSPS) is 10.8. The number of nitrogens with one attached hydrogen (secondary N) is 2. The molecule has 2 N–H and O–H groups in total. The van der Waals surface area contributed by atoms with Crippen molar-refractivity contribution < 1.29 is 4.79 Å². The number of carbonyl (C=O) groups excluding carboxylic acids is 1. The van der Waals surface area contributed by atoms with Crippen LogP contribution in [0, 0.1) is 11.3 Å². The summed E-state index contributed by atoms with van der Waals surface area (Å²) in [4.78, 5) is 11.4. The van der Waals surface area contributed by atoms with Crippen molar-refractivity contribution in [3.8, 4) is 6.07 Å². The molecule has 0 atom stereocenters. The Hall–Kier alpha value is -2.16. The Kier molecular flexibility index (Phi) is 4.04. The molecule has 0 radical (unpaired) electrons. The highest BCUT2D eigenvalue weighted by Crippen LogP contribution is 2.01. The molecule has 0 saturated carbocycles. The van der Waals surface area contributed by atoms with E-state index in [1.165, 1.54) is 12.3 Å². The summed E-state index contributed by atoms with van der Waals surface area (Å²) in [5, 5.41) is 21.1. The molecule has 0 spiro atoms. The molecule has 0 aliphatic carbocycles. The molecule has 15 heavy (non-hydrogen) atoms. The van der Waals surface area contributed by atoms with Crippen molar-refractivity contribution in [2.45, 2.75) is 13.3 Å². The Morgan fingerprint density at radius 3 is 3.13 bits per heavy atom. The van der Waals surface area contributed by atoms with Crippen LogP contribution in [0.4, 0.5) is 0 Å². The van der Waals surface area contributed by atoms with Gasteiger partial charge >= 0.3 is 0 Å². The van der Waals surface area contributed by atoms with E-state index in [1.54, 1.807) is 0 Å². The quantitative estimate of drug-likeness (QED) is 0.543. The summed E-state index contributed by atoms with van der Waals surface area (Å²) in [6.45, 7) is 2.49. The van der Waals surface area contributed by atoms with Crippen molar-refractivity contribution >= 4 is 12.0 Å². The molecule has 1 aromatic rings. The van der Waals surface area contributed by atoms with Crippen LogP contribution in [0.2, 0.25) is 0 Å². The second-order valence-electron chi connectivity index (χ2n) is 2.82. The summed E-state index contributed by atoms with van der Waals surface area (Å²) in [6, 6.07) is 1.82. The summed E-state index contributed by atoms with van der Waals surface area (Å²) >= 11 is 0. The summed E-state index contributed by atoms with van der Waals surface area (Å²) in [7, 11) is 0. The number of hydrogen-bond donors (Lipinski definition) is 2. The molecule has 6 nitrogen and oxygen atoms in total. The maximum absolute atomic E-state index is 11.4. The third-order valence-electron chi connectivity index (χ3n) is 1.63. The van der Waals surface area contributed by atoms with Gasteiger partial charge in [0.25, 0.3) is 5.91 Å². The van der Waals surface area contributed by atoms with Crippen LogP contribution in [0.1, 0.15) is 19.0 Å². The molecule has 1 aromatic heterocycles. The lowest BCUT2D eigenvalue weighted by molar-refractivity contribution is -0.117. The Morgan fingerprint density at radius 2 is 2.60 bits per heavy atom. The van der Waals surface area contributed by atoms with Crippen LogP contribution >= 0.6 is 0 Å². The molecule has 0 aliphatic rings. The minimum absolute atomic E-state index is 0.0253. The molecule has 0 fully saturated rings. The minimum Gasteiger partial charge on any atom is -0.351 e. The lowest BCUT2D eigenvalue weighted by Gasteiger charge is -2.00. The van der Waals surface area contributed by atoms with E-state index < -0.39 is 0 Å². The molecule has 78 valence electrons. The zero-order valence-electron chi connectivity index (χ0n) is 8.32. The first kappa shape index (κ1) is 10.9. The Balaban J connectivity index is 2.72. The van der Waals surface area contributed by atoms with Crippen LogP contribution in [0.3, 0.4) is 0 Å². The third-order valence-corrected chi connectivity index (χ3v) is 1.63. The minimum atomic E-state index is -0.387. The van der Waals surface area contributed by atoms with Crippen LogP contribution in [-0.2, 0) is 4.79 Å². The van der Waals surface area contributed by atoms with E-state index in [9.17, 15) is 4.79 Å².